The van der Waals surface area contributed by atoms with E-state index in [9.17, 15) is 22.0 Å². The van der Waals surface area contributed by atoms with Crippen LogP contribution >= 0.6 is 0 Å². The monoisotopic (exact) mass is 449 g/mol. The summed E-state index contributed by atoms with van der Waals surface area (Å²) < 4.78 is 68.4. The number of rotatable bonds is 7. The first kappa shape index (κ1) is 24.5. The van der Waals surface area contributed by atoms with Gasteiger partial charge >= 0.3 is 6.09 Å². The molecule has 1 aromatic carbocycles. The van der Waals surface area contributed by atoms with Gasteiger partial charge in [0.2, 0.25) is 0 Å². The average molecular weight is 450 g/mol. The molecule has 2 rings (SSSR count). The van der Waals surface area contributed by atoms with Gasteiger partial charge in [-0.15, -0.1) is 0 Å². The van der Waals surface area contributed by atoms with E-state index in [1.165, 1.54) is 11.8 Å². The maximum Gasteiger partial charge on any atom is 0.410 e. The van der Waals surface area contributed by atoms with Gasteiger partial charge in [-0.3, -0.25) is 4.18 Å². The van der Waals surface area contributed by atoms with E-state index in [1.807, 2.05) is 0 Å². The summed E-state index contributed by atoms with van der Waals surface area (Å²) in [6.45, 7) is 5.11. The number of halogens is 2. The number of carbonyl (C=O) groups excluding carboxylic acids is 1. The van der Waals surface area contributed by atoms with Crippen LogP contribution in [-0.2, 0) is 29.5 Å². The van der Waals surface area contributed by atoms with Crippen LogP contribution < -0.4 is 0 Å². The minimum atomic E-state index is -3.87. The van der Waals surface area contributed by atoms with Crippen molar-refractivity contribution in [2.45, 2.75) is 51.1 Å². The smallest absolute Gasteiger partial charge is 0.410 e. The van der Waals surface area contributed by atoms with Crippen molar-refractivity contribution in [1.29, 1.82) is 0 Å². The first-order valence-corrected chi connectivity index (χ1v) is 11.3. The molecular formula is C20H29F2NO6S. The van der Waals surface area contributed by atoms with Crippen LogP contribution in [0.15, 0.2) is 30.3 Å². The first-order valence-electron chi connectivity index (χ1n) is 9.68. The van der Waals surface area contributed by atoms with Crippen LogP contribution in [0.5, 0.6) is 0 Å². The molecule has 0 spiro atoms. The molecule has 1 aromatic rings. The molecule has 0 aliphatic carbocycles. The van der Waals surface area contributed by atoms with E-state index in [0.717, 1.165) is 0 Å². The molecule has 0 N–H and O–H groups in total. The van der Waals surface area contributed by atoms with Crippen molar-refractivity contribution in [2.24, 2.45) is 5.92 Å². The summed E-state index contributed by atoms with van der Waals surface area (Å²) in [7, 11) is -3.87. The minimum Gasteiger partial charge on any atom is -0.444 e. The number of hydrogen-bond donors (Lipinski definition) is 0. The number of alkyl halides is 2. The van der Waals surface area contributed by atoms with E-state index < -0.39 is 46.4 Å². The van der Waals surface area contributed by atoms with Crippen molar-refractivity contribution in [1.82, 2.24) is 4.90 Å². The highest BCUT2D eigenvalue weighted by molar-refractivity contribution is 7.85. The van der Waals surface area contributed by atoms with Gasteiger partial charge < -0.3 is 14.4 Å². The van der Waals surface area contributed by atoms with Crippen molar-refractivity contribution in [3.8, 4) is 0 Å². The van der Waals surface area contributed by atoms with Crippen LogP contribution in [-0.4, -0.2) is 63.3 Å². The number of piperidine rings is 1. The van der Waals surface area contributed by atoms with Gasteiger partial charge in [0, 0.05) is 12.5 Å². The third kappa shape index (κ3) is 7.17. The molecule has 1 saturated heterocycles. The normalized spacial score (nSPS) is 22.0. The Bertz CT molecular complexity index is 810. The van der Waals surface area contributed by atoms with Gasteiger partial charge in [-0.2, -0.15) is 8.42 Å². The molecule has 2 atom stereocenters. The standard InChI is InChI=1S/C20H29F2NO6S/c1-15-12-23(18(24)29-19(2,3)4)13-17(20(15,21)22)27-10-11-28-30(25,26)14-16-8-6-5-7-9-16/h5-9,15,17H,10-14H2,1-4H3/t15-,17+/m0/s1. The Morgan fingerprint density at radius 1 is 1.17 bits per heavy atom. The molecule has 1 amide bonds. The maximum absolute atomic E-state index is 14.5. The fourth-order valence-electron chi connectivity index (χ4n) is 2.98. The average Bonchev–Trinajstić information content (AvgIpc) is 2.61. The Morgan fingerprint density at radius 2 is 1.80 bits per heavy atom. The zero-order valence-corrected chi connectivity index (χ0v) is 18.5. The van der Waals surface area contributed by atoms with Crippen LogP contribution in [0.4, 0.5) is 13.6 Å². The molecule has 10 heteroatoms. The van der Waals surface area contributed by atoms with Gasteiger partial charge in [-0.25, -0.2) is 13.6 Å². The lowest BCUT2D eigenvalue weighted by atomic mass is 9.93. The molecule has 1 aliphatic heterocycles. The summed E-state index contributed by atoms with van der Waals surface area (Å²) in [5.74, 6) is -4.65. The van der Waals surface area contributed by atoms with Gasteiger partial charge in [-0.05, 0) is 26.3 Å². The molecule has 0 unspecified atom stereocenters. The fraction of sp³-hybridized carbons (Fsp3) is 0.650. The largest absolute Gasteiger partial charge is 0.444 e. The van der Waals surface area contributed by atoms with E-state index in [2.05, 4.69) is 0 Å². The second kappa shape index (κ2) is 9.57. The van der Waals surface area contributed by atoms with Crippen molar-refractivity contribution in [3.63, 3.8) is 0 Å². The zero-order valence-electron chi connectivity index (χ0n) is 17.6. The van der Waals surface area contributed by atoms with Gasteiger partial charge in [0.25, 0.3) is 16.0 Å². The fourth-order valence-corrected chi connectivity index (χ4v) is 3.98. The Labute approximate surface area is 176 Å². The lowest BCUT2D eigenvalue weighted by Gasteiger charge is -2.42. The summed E-state index contributed by atoms with van der Waals surface area (Å²) in [5, 5.41) is 0. The lowest BCUT2D eigenvalue weighted by molar-refractivity contribution is -0.197. The van der Waals surface area contributed by atoms with E-state index in [-0.39, 0.29) is 25.4 Å². The van der Waals surface area contributed by atoms with Gasteiger partial charge in [0.1, 0.15) is 17.5 Å². The summed E-state index contributed by atoms with van der Waals surface area (Å²) in [6, 6.07) is 8.46. The summed E-state index contributed by atoms with van der Waals surface area (Å²) in [5.41, 5.74) is -0.198. The molecule has 1 aliphatic rings. The van der Waals surface area contributed by atoms with Gasteiger partial charge in [0.05, 0.1) is 19.8 Å². The molecule has 0 bridgehead atoms. The molecule has 1 heterocycles. The SMILES string of the molecule is C[C@H]1CN(C(=O)OC(C)(C)C)C[C@@H](OCCOS(=O)(=O)Cc2ccccc2)C1(F)F. The number of hydrogen-bond acceptors (Lipinski definition) is 6. The second-order valence-electron chi connectivity index (χ2n) is 8.33. The number of ether oxygens (including phenoxy) is 2. The maximum atomic E-state index is 14.5. The molecule has 0 saturated carbocycles. The highest BCUT2D eigenvalue weighted by atomic mass is 32.2. The van der Waals surface area contributed by atoms with Crippen molar-refractivity contribution < 1.29 is 35.6 Å². The predicted molar refractivity (Wildman–Crippen MR) is 107 cm³/mol. The summed E-state index contributed by atoms with van der Waals surface area (Å²) >= 11 is 0. The first-order chi connectivity index (χ1) is 13.8. The molecule has 1 fully saturated rings. The molecule has 30 heavy (non-hydrogen) atoms. The number of carbonyl (C=O) groups is 1. The van der Waals surface area contributed by atoms with Gasteiger partial charge in [-0.1, -0.05) is 37.3 Å². The Hall–Kier alpha value is -1.78. The van der Waals surface area contributed by atoms with Crippen LogP contribution in [0.1, 0.15) is 33.3 Å². The number of amides is 1. The molecule has 0 radical (unpaired) electrons. The number of likely N-dealkylation sites (tertiary alicyclic amines) is 1. The van der Waals surface area contributed by atoms with Crippen LogP contribution in [0.3, 0.4) is 0 Å². The van der Waals surface area contributed by atoms with Crippen molar-refractivity contribution >= 4 is 16.2 Å². The van der Waals surface area contributed by atoms with Crippen LogP contribution in [0.2, 0.25) is 0 Å². The number of benzene rings is 1. The number of nitrogens with zero attached hydrogens (tertiary/aromatic N) is 1. The second-order valence-corrected chi connectivity index (χ2v) is 9.97. The predicted octanol–water partition coefficient (Wildman–Crippen LogP) is 3.44. The zero-order chi connectivity index (χ0) is 22.6. The van der Waals surface area contributed by atoms with E-state index >= 15 is 0 Å². The van der Waals surface area contributed by atoms with Crippen LogP contribution in [0.25, 0.3) is 0 Å². The lowest BCUT2D eigenvalue weighted by Crippen LogP contribution is -2.59. The van der Waals surface area contributed by atoms with Crippen molar-refractivity contribution in [3.05, 3.63) is 35.9 Å². The summed E-state index contributed by atoms with van der Waals surface area (Å²) in [4.78, 5) is 13.4. The minimum absolute atomic E-state index is 0.163. The topological polar surface area (TPSA) is 82.1 Å². The van der Waals surface area contributed by atoms with E-state index in [0.29, 0.717) is 5.56 Å². The van der Waals surface area contributed by atoms with Gasteiger partial charge in [0.15, 0.2) is 0 Å². The molecule has 7 nitrogen and oxygen atoms in total. The molecular weight excluding hydrogens is 420 g/mol. The quantitative estimate of drug-likeness (QED) is 0.469. The van der Waals surface area contributed by atoms with Crippen molar-refractivity contribution in [2.75, 3.05) is 26.3 Å². The summed E-state index contributed by atoms with van der Waals surface area (Å²) in [6.07, 6.45) is -2.28. The van der Waals surface area contributed by atoms with E-state index in [4.69, 9.17) is 13.7 Å². The third-order valence-electron chi connectivity index (χ3n) is 4.47. The Morgan fingerprint density at radius 3 is 2.40 bits per heavy atom. The third-order valence-corrected chi connectivity index (χ3v) is 5.68. The highest BCUT2D eigenvalue weighted by Crippen LogP contribution is 2.35. The van der Waals surface area contributed by atoms with E-state index in [1.54, 1.807) is 51.1 Å². The highest BCUT2D eigenvalue weighted by Gasteiger charge is 2.51. The Kier molecular flexibility index (Phi) is 7.81. The Balaban J connectivity index is 1.89. The molecule has 170 valence electrons. The van der Waals surface area contributed by atoms with Crippen LogP contribution in [0, 0.1) is 5.92 Å². The molecule has 0 aromatic heterocycles.